The van der Waals surface area contributed by atoms with Gasteiger partial charge in [-0.15, -0.1) is 0 Å². The standard InChI is InChI=1S/C48H30O/c1-3-15-31(16-4-1)34-25-14-26-35(32-17-5-2-6-18-32)46(34)47-38-22-9-7-20-36(38)45(37-21-8-10-23-39(37)47)41-27-13-19-33-29-30-43-48(44(33)41)40-24-11-12-28-42(40)49-43/h1-30H. The first-order chi connectivity index (χ1) is 24.3. The summed E-state index contributed by atoms with van der Waals surface area (Å²) in [4.78, 5) is 0. The third kappa shape index (κ3) is 4.26. The average molecular weight is 623 g/mol. The van der Waals surface area contributed by atoms with Gasteiger partial charge < -0.3 is 4.42 Å². The fraction of sp³-hybridized carbons (Fsp3) is 0. The lowest BCUT2D eigenvalue weighted by molar-refractivity contribution is 0.669. The Hall–Kier alpha value is -6.44. The van der Waals surface area contributed by atoms with E-state index in [0.717, 1.165) is 16.6 Å². The van der Waals surface area contributed by atoms with Crippen LogP contribution in [-0.2, 0) is 0 Å². The number of hydrogen-bond donors (Lipinski definition) is 0. The summed E-state index contributed by atoms with van der Waals surface area (Å²) < 4.78 is 6.41. The van der Waals surface area contributed by atoms with Crippen molar-refractivity contribution in [2.75, 3.05) is 0 Å². The molecular weight excluding hydrogens is 593 g/mol. The Morgan fingerprint density at radius 2 is 0.755 bits per heavy atom. The maximum atomic E-state index is 6.41. The number of fused-ring (bicyclic) bond motifs is 7. The van der Waals surface area contributed by atoms with Crippen LogP contribution in [0.4, 0.5) is 0 Å². The lowest BCUT2D eigenvalue weighted by Gasteiger charge is -2.23. The minimum atomic E-state index is 0.913. The molecule has 1 nitrogen and oxygen atoms in total. The fourth-order valence-electron chi connectivity index (χ4n) is 8.03. The normalized spacial score (nSPS) is 11.7. The van der Waals surface area contributed by atoms with Crippen LogP contribution < -0.4 is 0 Å². The molecule has 0 aliphatic rings. The van der Waals surface area contributed by atoms with Crippen LogP contribution in [0.15, 0.2) is 186 Å². The Morgan fingerprint density at radius 3 is 1.37 bits per heavy atom. The van der Waals surface area contributed by atoms with Crippen molar-refractivity contribution >= 4 is 54.3 Å². The van der Waals surface area contributed by atoms with Gasteiger partial charge in [-0.25, -0.2) is 0 Å². The number of furan rings is 1. The zero-order valence-corrected chi connectivity index (χ0v) is 26.7. The summed E-state index contributed by atoms with van der Waals surface area (Å²) in [5.41, 5.74) is 11.7. The van der Waals surface area contributed by atoms with Gasteiger partial charge in [-0.1, -0.05) is 170 Å². The summed E-state index contributed by atoms with van der Waals surface area (Å²) in [6.45, 7) is 0. The molecule has 0 aliphatic heterocycles. The summed E-state index contributed by atoms with van der Waals surface area (Å²) in [6, 6.07) is 65.8. The van der Waals surface area contributed by atoms with E-state index in [4.69, 9.17) is 4.42 Å². The second-order valence-electron chi connectivity index (χ2n) is 12.7. The van der Waals surface area contributed by atoms with Gasteiger partial charge >= 0.3 is 0 Å². The van der Waals surface area contributed by atoms with E-state index in [1.54, 1.807) is 0 Å². The highest BCUT2D eigenvalue weighted by molar-refractivity contribution is 6.29. The number of hydrogen-bond acceptors (Lipinski definition) is 1. The van der Waals surface area contributed by atoms with E-state index in [1.807, 2.05) is 6.07 Å². The van der Waals surface area contributed by atoms with E-state index >= 15 is 0 Å². The molecule has 228 valence electrons. The fourth-order valence-corrected chi connectivity index (χ4v) is 8.03. The van der Waals surface area contributed by atoms with Crippen molar-refractivity contribution in [3.8, 4) is 44.5 Å². The van der Waals surface area contributed by atoms with E-state index < -0.39 is 0 Å². The summed E-state index contributed by atoms with van der Waals surface area (Å²) in [7, 11) is 0. The second-order valence-corrected chi connectivity index (χ2v) is 12.7. The van der Waals surface area contributed by atoms with Gasteiger partial charge in [0.25, 0.3) is 0 Å². The Morgan fingerprint density at radius 1 is 0.265 bits per heavy atom. The van der Waals surface area contributed by atoms with Gasteiger partial charge in [0.1, 0.15) is 11.2 Å². The van der Waals surface area contributed by atoms with Gasteiger partial charge in [0, 0.05) is 16.2 Å². The quantitative estimate of drug-likeness (QED) is 0.178. The van der Waals surface area contributed by atoms with Crippen molar-refractivity contribution in [1.29, 1.82) is 0 Å². The highest BCUT2D eigenvalue weighted by Gasteiger charge is 2.23. The van der Waals surface area contributed by atoms with Crippen LogP contribution in [0.2, 0.25) is 0 Å². The third-order valence-corrected chi connectivity index (χ3v) is 10.1. The molecule has 1 heterocycles. The zero-order chi connectivity index (χ0) is 32.3. The van der Waals surface area contributed by atoms with E-state index in [2.05, 4.69) is 176 Å². The Kier molecular flexibility index (Phi) is 6.25. The molecule has 9 aromatic carbocycles. The van der Waals surface area contributed by atoms with E-state index in [1.165, 1.54) is 82.2 Å². The van der Waals surface area contributed by atoms with Crippen molar-refractivity contribution in [3.63, 3.8) is 0 Å². The summed E-state index contributed by atoms with van der Waals surface area (Å²) in [6.07, 6.45) is 0. The summed E-state index contributed by atoms with van der Waals surface area (Å²) in [5, 5.41) is 9.67. The SMILES string of the molecule is c1ccc(-c2cccc(-c3ccccc3)c2-c2c3ccccc3c(-c3cccc4ccc5oc6ccccc6c5c34)c3ccccc23)cc1. The minimum absolute atomic E-state index is 0.913. The van der Waals surface area contributed by atoms with Crippen LogP contribution in [0.1, 0.15) is 0 Å². The minimum Gasteiger partial charge on any atom is -0.456 e. The van der Waals surface area contributed by atoms with Crippen molar-refractivity contribution in [3.05, 3.63) is 182 Å². The predicted octanol–water partition coefficient (Wildman–Crippen LogP) is 13.7. The third-order valence-electron chi connectivity index (χ3n) is 10.1. The molecule has 0 radical (unpaired) electrons. The molecule has 1 aromatic heterocycles. The predicted molar refractivity (Wildman–Crippen MR) is 208 cm³/mol. The van der Waals surface area contributed by atoms with Crippen molar-refractivity contribution in [2.24, 2.45) is 0 Å². The maximum absolute atomic E-state index is 6.41. The molecule has 0 unspecified atom stereocenters. The van der Waals surface area contributed by atoms with Crippen LogP contribution in [0, 0.1) is 0 Å². The van der Waals surface area contributed by atoms with Crippen LogP contribution >= 0.6 is 0 Å². The monoisotopic (exact) mass is 622 g/mol. The topological polar surface area (TPSA) is 13.1 Å². The first-order valence-corrected chi connectivity index (χ1v) is 16.9. The second kappa shape index (κ2) is 11.1. The van der Waals surface area contributed by atoms with Gasteiger partial charge in [-0.2, -0.15) is 0 Å². The van der Waals surface area contributed by atoms with Crippen LogP contribution in [-0.4, -0.2) is 0 Å². The first-order valence-electron chi connectivity index (χ1n) is 16.9. The van der Waals surface area contributed by atoms with Crippen molar-refractivity contribution < 1.29 is 4.42 Å². The summed E-state index contributed by atoms with van der Waals surface area (Å²) >= 11 is 0. The van der Waals surface area contributed by atoms with Gasteiger partial charge in [0.2, 0.25) is 0 Å². The van der Waals surface area contributed by atoms with E-state index in [0.29, 0.717) is 0 Å². The summed E-state index contributed by atoms with van der Waals surface area (Å²) in [5.74, 6) is 0. The van der Waals surface area contributed by atoms with Crippen molar-refractivity contribution in [2.45, 2.75) is 0 Å². The molecule has 10 aromatic rings. The maximum Gasteiger partial charge on any atom is 0.136 e. The Balaban J connectivity index is 1.39. The van der Waals surface area contributed by atoms with Crippen LogP contribution in [0.5, 0.6) is 0 Å². The van der Waals surface area contributed by atoms with Gasteiger partial charge in [-0.05, 0) is 83.6 Å². The molecular formula is C48H30O. The van der Waals surface area contributed by atoms with Crippen LogP contribution in [0.3, 0.4) is 0 Å². The number of rotatable bonds is 4. The first kappa shape index (κ1) is 27.7. The molecule has 49 heavy (non-hydrogen) atoms. The van der Waals surface area contributed by atoms with Gasteiger partial charge in [-0.3, -0.25) is 0 Å². The average Bonchev–Trinajstić information content (AvgIpc) is 3.56. The smallest absolute Gasteiger partial charge is 0.136 e. The molecule has 10 rings (SSSR count). The lowest BCUT2D eigenvalue weighted by atomic mass is 9.80. The van der Waals surface area contributed by atoms with Gasteiger partial charge in [0.05, 0.1) is 0 Å². The molecule has 0 atom stereocenters. The van der Waals surface area contributed by atoms with E-state index in [-0.39, 0.29) is 0 Å². The van der Waals surface area contributed by atoms with Gasteiger partial charge in [0.15, 0.2) is 0 Å². The molecule has 0 N–H and O–H groups in total. The highest BCUT2D eigenvalue weighted by Crippen LogP contribution is 2.50. The van der Waals surface area contributed by atoms with Crippen molar-refractivity contribution in [1.82, 2.24) is 0 Å². The molecule has 0 amide bonds. The largest absolute Gasteiger partial charge is 0.456 e. The number of benzene rings is 9. The highest BCUT2D eigenvalue weighted by atomic mass is 16.3. The van der Waals surface area contributed by atoms with Crippen LogP contribution in [0.25, 0.3) is 98.8 Å². The Labute approximate surface area is 284 Å². The molecule has 0 saturated heterocycles. The molecule has 0 fully saturated rings. The molecule has 0 saturated carbocycles. The molecule has 0 bridgehead atoms. The van der Waals surface area contributed by atoms with E-state index in [9.17, 15) is 0 Å². The molecule has 0 aliphatic carbocycles. The molecule has 0 spiro atoms. The zero-order valence-electron chi connectivity index (χ0n) is 26.7. The molecule has 1 heteroatoms. The number of para-hydroxylation sites is 1. The lowest BCUT2D eigenvalue weighted by Crippen LogP contribution is -1.95. The Bertz CT molecular complexity index is 2750.